The molecule has 1 aromatic rings. The molecule has 5 heteroatoms. The number of rotatable bonds is 5. The molecule has 1 rings (SSSR count). The molecule has 0 bridgehead atoms. The van der Waals surface area contributed by atoms with Crippen LogP contribution >= 0.6 is 11.8 Å². The van der Waals surface area contributed by atoms with Crippen molar-refractivity contribution in [3.63, 3.8) is 0 Å². The lowest BCUT2D eigenvalue weighted by Crippen LogP contribution is -2.27. The molecule has 0 saturated carbocycles. The highest BCUT2D eigenvalue weighted by molar-refractivity contribution is 7.99. The summed E-state index contributed by atoms with van der Waals surface area (Å²) in [4.78, 5) is 4.15. The van der Waals surface area contributed by atoms with Crippen LogP contribution in [-0.4, -0.2) is 31.8 Å². The molecule has 4 nitrogen and oxygen atoms in total. The van der Waals surface area contributed by atoms with Crippen molar-refractivity contribution in [2.45, 2.75) is 31.6 Å². The number of aromatic nitrogens is 3. The van der Waals surface area contributed by atoms with Crippen molar-refractivity contribution < 1.29 is 0 Å². The second-order valence-corrected chi connectivity index (χ2v) is 5.26. The fourth-order valence-electron chi connectivity index (χ4n) is 1.11. The van der Waals surface area contributed by atoms with Gasteiger partial charge in [-0.2, -0.15) is 16.9 Å². The Kier molecular flexibility index (Phi) is 4.41. The van der Waals surface area contributed by atoms with E-state index in [0.717, 1.165) is 18.0 Å². The molecule has 1 unspecified atom stereocenters. The number of nitrogens with two attached hydrogens (primary N) is 1. The third-order valence-electron chi connectivity index (χ3n) is 1.89. The van der Waals surface area contributed by atoms with Gasteiger partial charge in [-0.1, -0.05) is 13.8 Å². The molecule has 0 fully saturated rings. The first-order valence-corrected chi connectivity index (χ1v) is 5.84. The van der Waals surface area contributed by atoms with Crippen molar-refractivity contribution in [2.24, 2.45) is 12.8 Å². The summed E-state index contributed by atoms with van der Waals surface area (Å²) in [7, 11) is 1.89. The maximum absolute atomic E-state index is 5.98. The molecule has 1 atom stereocenters. The lowest BCUT2D eigenvalue weighted by atomic mass is 10.2. The number of hydrogen-bond donors (Lipinski definition) is 1. The predicted molar refractivity (Wildman–Crippen MR) is 60.3 cm³/mol. The van der Waals surface area contributed by atoms with Gasteiger partial charge >= 0.3 is 0 Å². The topological polar surface area (TPSA) is 56.7 Å². The van der Waals surface area contributed by atoms with E-state index in [1.165, 1.54) is 0 Å². The van der Waals surface area contributed by atoms with Gasteiger partial charge in [0.1, 0.15) is 12.2 Å². The van der Waals surface area contributed by atoms with Gasteiger partial charge in [-0.15, -0.1) is 0 Å². The SMILES string of the molecule is CC(C)SCC(N)Cc1ncnn1C. The molecule has 14 heavy (non-hydrogen) atoms. The molecule has 0 aliphatic carbocycles. The van der Waals surface area contributed by atoms with E-state index in [1.54, 1.807) is 11.0 Å². The molecular formula is C9H18N4S. The second kappa shape index (κ2) is 5.36. The summed E-state index contributed by atoms with van der Waals surface area (Å²) in [6.07, 6.45) is 2.37. The molecule has 1 heterocycles. The monoisotopic (exact) mass is 214 g/mol. The van der Waals surface area contributed by atoms with Gasteiger partial charge in [0.2, 0.25) is 0 Å². The third-order valence-corrected chi connectivity index (χ3v) is 3.18. The van der Waals surface area contributed by atoms with E-state index in [4.69, 9.17) is 5.73 Å². The van der Waals surface area contributed by atoms with Crippen LogP contribution in [0.15, 0.2) is 6.33 Å². The van der Waals surface area contributed by atoms with E-state index in [2.05, 4.69) is 23.9 Å². The zero-order chi connectivity index (χ0) is 10.6. The Morgan fingerprint density at radius 1 is 1.57 bits per heavy atom. The quantitative estimate of drug-likeness (QED) is 0.788. The molecular weight excluding hydrogens is 196 g/mol. The van der Waals surface area contributed by atoms with Crippen LogP contribution in [0.4, 0.5) is 0 Å². The molecule has 80 valence electrons. The smallest absolute Gasteiger partial charge is 0.138 e. The molecule has 0 radical (unpaired) electrons. The molecule has 1 aromatic heterocycles. The highest BCUT2D eigenvalue weighted by atomic mass is 32.2. The average molecular weight is 214 g/mol. The Morgan fingerprint density at radius 2 is 2.29 bits per heavy atom. The van der Waals surface area contributed by atoms with Crippen LogP contribution < -0.4 is 5.73 Å². The highest BCUT2D eigenvalue weighted by Gasteiger charge is 2.09. The summed E-state index contributed by atoms with van der Waals surface area (Å²) < 4.78 is 1.78. The molecule has 0 aliphatic heterocycles. The summed E-state index contributed by atoms with van der Waals surface area (Å²) in [5.74, 6) is 1.94. The van der Waals surface area contributed by atoms with Crippen molar-refractivity contribution in [3.8, 4) is 0 Å². The van der Waals surface area contributed by atoms with Gasteiger partial charge in [-0.05, 0) is 5.25 Å². The highest BCUT2D eigenvalue weighted by Crippen LogP contribution is 2.11. The first kappa shape index (κ1) is 11.5. The Morgan fingerprint density at radius 3 is 2.79 bits per heavy atom. The van der Waals surface area contributed by atoms with Crippen molar-refractivity contribution in [1.82, 2.24) is 14.8 Å². The molecule has 0 aliphatic rings. The predicted octanol–water partition coefficient (Wildman–Crippen LogP) is 0.826. The minimum Gasteiger partial charge on any atom is -0.327 e. The summed E-state index contributed by atoms with van der Waals surface area (Å²) in [5, 5.41) is 4.65. The van der Waals surface area contributed by atoms with Crippen LogP contribution in [0.25, 0.3) is 0 Å². The number of thioether (sulfide) groups is 1. The van der Waals surface area contributed by atoms with Gasteiger partial charge in [-0.3, -0.25) is 4.68 Å². The lowest BCUT2D eigenvalue weighted by molar-refractivity contribution is 0.642. The van der Waals surface area contributed by atoms with Gasteiger partial charge in [-0.25, -0.2) is 4.98 Å². The van der Waals surface area contributed by atoms with Crippen molar-refractivity contribution >= 4 is 11.8 Å². The summed E-state index contributed by atoms with van der Waals surface area (Å²) in [6.45, 7) is 4.36. The zero-order valence-electron chi connectivity index (χ0n) is 8.97. The summed E-state index contributed by atoms with van der Waals surface area (Å²) >= 11 is 1.88. The van der Waals surface area contributed by atoms with E-state index in [9.17, 15) is 0 Å². The van der Waals surface area contributed by atoms with Gasteiger partial charge in [0, 0.05) is 25.3 Å². The normalized spacial score (nSPS) is 13.5. The average Bonchev–Trinajstić information content (AvgIpc) is 2.49. The Bertz CT molecular complexity index is 272. The molecule has 0 amide bonds. The van der Waals surface area contributed by atoms with Crippen molar-refractivity contribution in [2.75, 3.05) is 5.75 Å². The number of nitrogens with zero attached hydrogens (tertiary/aromatic N) is 3. The lowest BCUT2D eigenvalue weighted by Gasteiger charge is -2.11. The molecule has 0 spiro atoms. The van der Waals surface area contributed by atoms with E-state index in [1.807, 2.05) is 18.8 Å². The van der Waals surface area contributed by atoms with Gasteiger partial charge < -0.3 is 5.73 Å². The van der Waals surface area contributed by atoms with E-state index >= 15 is 0 Å². The van der Waals surface area contributed by atoms with Crippen molar-refractivity contribution in [3.05, 3.63) is 12.2 Å². The Hall–Kier alpha value is -0.550. The van der Waals surface area contributed by atoms with Crippen LogP contribution in [0.1, 0.15) is 19.7 Å². The van der Waals surface area contributed by atoms with E-state index < -0.39 is 0 Å². The number of hydrogen-bond acceptors (Lipinski definition) is 4. The number of aryl methyl sites for hydroxylation is 1. The summed E-state index contributed by atoms with van der Waals surface area (Å²) in [6, 6.07) is 0.172. The third kappa shape index (κ3) is 3.67. The molecule has 2 N–H and O–H groups in total. The van der Waals surface area contributed by atoms with Gasteiger partial charge in [0.25, 0.3) is 0 Å². The first-order valence-electron chi connectivity index (χ1n) is 4.79. The fraction of sp³-hybridized carbons (Fsp3) is 0.778. The zero-order valence-corrected chi connectivity index (χ0v) is 9.79. The van der Waals surface area contributed by atoms with E-state index in [0.29, 0.717) is 5.25 Å². The largest absolute Gasteiger partial charge is 0.327 e. The minimum atomic E-state index is 0.172. The van der Waals surface area contributed by atoms with Crippen LogP contribution in [0.2, 0.25) is 0 Å². The first-order chi connectivity index (χ1) is 6.59. The van der Waals surface area contributed by atoms with Crippen LogP contribution in [0.3, 0.4) is 0 Å². The minimum absolute atomic E-state index is 0.172. The van der Waals surface area contributed by atoms with Gasteiger partial charge in [0.05, 0.1) is 0 Å². The van der Waals surface area contributed by atoms with Crippen LogP contribution in [-0.2, 0) is 13.5 Å². The Balaban J connectivity index is 2.34. The Labute approximate surface area is 89.3 Å². The maximum Gasteiger partial charge on any atom is 0.138 e. The maximum atomic E-state index is 5.98. The molecule has 0 saturated heterocycles. The van der Waals surface area contributed by atoms with Gasteiger partial charge in [0.15, 0.2) is 0 Å². The van der Waals surface area contributed by atoms with Crippen LogP contribution in [0.5, 0.6) is 0 Å². The van der Waals surface area contributed by atoms with E-state index in [-0.39, 0.29) is 6.04 Å². The van der Waals surface area contributed by atoms with Crippen LogP contribution in [0, 0.1) is 0 Å². The second-order valence-electron chi connectivity index (χ2n) is 3.65. The van der Waals surface area contributed by atoms with Crippen molar-refractivity contribution in [1.29, 1.82) is 0 Å². The fourth-order valence-corrected chi connectivity index (χ4v) is 1.86. The molecule has 0 aromatic carbocycles. The standard InChI is InChI=1S/C9H18N4S/c1-7(2)14-5-8(10)4-9-11-6-12-13(9)3/h6-8H,4-5,10H2,1-3H3. The summed E-state index contributed by atoms with van der Waals surface area (Å²) in [5.41, 5.74) is 5.98.